The van der Waals surface area contributed by atoms with Crippen molar-refractivity contribution >= 4 is 0 Å². The van der Waals surface area contributed by atoms with Gasteiger partial charge in [0.25, 0.3) is 5.82 Å². The predicted octanol–water partition coefficient (Wildman–Crippen LogP) is 14.5. The fourth-order valence-corrected chi connectivity index (χ4v) is 7.13. The van der Waals surface area contributed by atoms with Crippen molar-refractivity contribution in [2.45, 2.75) is 245 Å². The van der Waals surface area contributed by atoms with Crippen molar-refractivity contribution in [1.82, 2.24) is 4.98 Å². The van der Waals surface area contributed by atoms with E-state index in [0.29, 0.717) is 12.0 Å². The fraction of sp³-hybridized carbons (Fsp3) is 0.927. The third-order valence-corrected chi connectivity index (χ3v) is 10.1. The monoisotopic (exact) mass is 602 g/mol. The summed E-state index contributed by atoms with van der Waals surface area (Å²) in [5.74, 6) is 2.24. The van der Waals surface area contributed by atoms with Gasteiger partial charge in [0.05, 0.1) is 12.0 Å². The number of H-pyrrole nitrogens is 1. The highest BCUT2D eigenvalue weighted by Crippen LogP contribution is 2.27. The molecule has 0 spiro atoms. The molecule has 0 bridgehead atoms. The van der Waals surface area contributed by atoms with Crippen molar-refractivity contribution in [2.24, 2.45) is 0 Å². The first-order valence-electron chi connectivity index (χ1n) is 20.3. The minimum absolute atomic E-state index is 0.619. The summed E-state index contributed by atoms with van der Waals surface area (Å²) in [6, 6.07) is 0.619. The predicted molar refractivity (Wildman–Crippen MR) is 193 cm³/mol. The molecule has 1 rings (SSSR count). The standard InChI is InChI=1S/C41H80N2/c1-5-8-11-13-15-17-19-20-21-22-23-24-26-28-30-33-36-40(35-32-29-27-25-18-16-14-12-9-6-2)41-42-37-38-43(41)39(4)34-31-10-7-3/h37-40H,5-36H2,1-4H3/p+1. The molecule has 0 aliphatic rings. The van der Waals surface area contributed by atoms with E-state index >= 15 is 0 Å². The van der Waals surface area contributed by atoms with E-state index in [9.17, 15) is 0 Å². The summed E-state index contributed by atoms with van der Waals surface area (Å²) in [5, 5.41) is 0. The van der Waals surface area contributed by atoms with Crippen molar-refractivity contribution in [2.75, 3.05) is 0 Å². The Kier molecular flexibility index (Phi) is 29.2. The number of unbranched alkanes of at least 4 members (excludes halogenated alkanes) is 26. The zero-order chi connectivity index (χ0) is 31.1. The second-order valence-electron chi connectivity index (χ2n) is 14.4. The van der Waals surface area contributed by atoms with Gasteiger partial charge in [-0.05, 0) is 32.6 Å². The van der Waals surface area contributed by atoms with Gasteiger partial charge in [-0.15, -0.1) is 0 Å². The van der Waals surface area contributed by atoms with E-state index in [-0.39, 0.29) is 0 Å². The number of nitrogens with one attached hydrogen (secondary N) is 1. The second kappa shape index (κ2) is 31.2. The molecule has 0 aromatic carbocycles. The lowest BCUT2D eigenvalue weighted by Gasteiger charge is -2.17. The van der Waals surface area contributed by atoms with E-state index in [1.54, 1.807) is 0 Å². The fourth-order valence-electron chi connectivity index (χ4n) is 7.13. The highest BCUT2D eigenvalue weighted by Gasteiger charge is 2.25. The molecule has 2 nitrogen and oxygen atoms in total. The Balaban J connectivity index is 2.28. The summed E-state index contributed by atoms with van der Waals surface area (Å²) in [6.45, 7) is 9.39. The van der Waals surface area contributed by atoms with Gasteiger partial charge in [-0.1, -0.05) is 201 Å². The highest BCUT2D eigenvalue weighted by molar-refractivity contribution is 4.90. The molecule has 0 saturated carbocycles. The van der Waals surface area contributed by atoms with Crippen LogP contribution in [0.1, 0.15) is 251 Å². The minimum Gasteiger partial charge on any atom is -0.247 e. The number of aromatic amines is 1. The Morgan fingerprint density at radius 1 is 0.442 bits per heavy atom. The molecule has 2 unspecified atom stereocenters. The van der Waals surface area contributed by atoms with Crippen LogP contribution in [0.2, 0.25) is 0 Å². The number of imidazole rings is 1. The van der Waals surface area contributed by atoms with Gasteiger partial charge in [-0.3, -0.25) is 0 Å². The molecule has 2 atom stereocenters. The third-order valence-electron chi connectivity index (χ3n) is 10.1. The van der Waals surface area contributed by atoms with Crippen LogP contribution in [0.3, 0.4) is 0 Å². The van der Waals surface area contributed by atoms with Crippen LogP contribution in [0.4, 0.5) is 0 Å². The summed E-state index contributed by atoms with van der Waals surface area (Å²) < 4.78 is 2.61. The van der Waals surface area contributed by atoms with E-state index in [1.165, 1.54) is 211 Å². The average Bonchev–Trinajstić information content (AvgIpc) is 3.51. The molecular weight excluding hydrogens is 520 g/mol. The molecule has 0 aliphatic carbocycles. The van der Waals surface area contributed by atoms with E-state index in [4.69, 9.17) is 0 Å². The Labute approximate surface area is 272 Å². The van der Waals surface area contributed by atoms with Crippen LogP contribution in [-0.2, 0) is 0 Å². The SMILES string of the molecule is CCCCCCCCCCCCCCCCCCC(CCCCCCCCCCCC)c1[nH]cc[n+]1C(C)CCCCC. The van der Waals surface area contributed by atoms with Crippen LogP contribution in [-0.4, -0.2) is 4.98 Å². The number of nitrogens with zero attached hydrogens (tertiary/aromatic N) is 1. The first kappa shape index (κ1) is 40.2. The molecule has 2 heteroatoms. The summed E-state index contributed by atoms with van der Waals surface area (Å²) in [5.41, 5.74) is 0. The van der Waals surface area contributed by atoms with Gasteiger partial charge >= 0.3 is 0 Å². The molecule has 1 aromatic rings. The van der Waals surface area contributed by atoms with Gasteiger partial charge in [0, 0.05) is 0 Å². The van der Waals surface area contributed by atoms with E-state index in [0.717, 1.165) is 0 Å². The molecule has 1 N–H and O–H groups in total. The quantitative estimate of drug-likeness (QED) is 0.0599. The van der Waals surface area contributed by atoms with Crippen LogP contribution in [0.5, 0.6) is 0 Å². The number of hydrogen-bond acceptors (Lipinski definition) is 0. The maximum Gasteiger partial charge on any atom is 0.257 e. The van der Waals surface area contributed by atoms with E-state index in [1.807, 2.05) is 0 Å². The molecule has 0 amide bonds. The van der Waals surface area contributed by atoms with Gasteiger partial charge in [0.1, 0.15) is 12.4 Å². The molecule has 0 fully saturated rings. The summed E-state index contributed by atoms with van der Waals surface area (Å²) in [7, 11) is 0. The molecule has 0 aliphatic heterocycles. The second-order valence-corrected chi connectivity index (χ2v) is 14.4. The molecule has 1 aromatic heterocycles. The van der Waals surface area contributed by atoms with Gasteiger partial charge < -0.3 is 0 Å². The van der Waals surface area contributed by atoms with Crippen LogP contribution in [0, 0.1) is 0 Å². The Morgan fingerprint density at radius 2 is 0.744 bits per heavy atom. The lowest BCUT2D eigenvalue weighted by atomic mass is 9.92. The first-order chi connectivity index (χ1) is 21.2. The minimum atomic E-state index is 0.619. The number of hydrogen-bond donors (Lipinski definition) is 1. The molecule has 254 valence electrons. The third kappa shape index (κ3) is 23.2. The Hall–Kier alpha value is -0.790. The number of rotatable bonds is 34. The van der Waals surface area contributed by atoms with Crippen molar-refractivity contribution in [1.29, 1.82) is 0 Å². The van der Waals surface area contributed by atoms with Crippen LogP contribution < -0.4 is 4.57 Å². The molecular formula is C41H81N2+. The van der Waals surface area contributed by atoms with Crippen molar-refractivity contribution < 1.29 is 4.57 Å². The topological polar surface area (TPSA) is 19.7 Å². The highest BCUT2D eigenvalue weighted by atomic mass is 15.1. The van der Waals surface area contributed by atoms with Crippen LogP contribution >= 0.6 is 0 Å². The Bertz CT molecular complexity index is 664. The lowest BCUT2D eigenvalue weighted by molar-refractivity contribution is -0.727. The molecule has 1 heterocycles. The van der Waals surface area contributed by atoms with Gasteiger partial charge in [0.15, 0.2) is 0 Å². The average molecular weight is 602 g/mol. The zero-order valence-corrected chi connectivity index (χ0v) is 30.4. The summed E-state index contributed by atoms with van der Waals surface area (Å²) >= 11 is 0. The normalized spacial score (nSPS) is 13.1. The van der Waals surface area contributed by atoms with Crippen molar-refractivity contribution in [3.05, 3.63) is 18.2 Å². The largest absolute Gasteiger partial charge is 0.257 e. The van der Waals surface area contributed by atoms with Crippen molar-refractivity contribution in [3.8, 4) is 0 Å². The molecule has 0 saturated heterocycles. The number of aromatic nitrogens is 2. The summed E-state index contributed by atoms with van der Waals surface area (Å²) in [6.07, 6.45) is 50.2. The van der Waals surface area contributed by atoms with Gasteiger partial charge in [-0.25, -0.2) is 9.55 Å². The van der Waals surface area contributed by atoms with Crippen LogP contribution in [0.25, 0.3) is 0 Å². The van der Waals surface area contributed by atoms with Crippen LogP contribution in [0.15, 0.2) is 12.4 Å². The lowest BCUT2D eigenvalue weighted by Crippen LogP contribution is -2.41. The van der Waals surface area contributed by atoms with Gasteiger partial charge in [-0.2, -0.15) is 0 Å². The smallest absolute Gasteiger partial charge is 0.247 e. The Morgan fingerprint density at radius 3 is 1.12 bits per heavy atom. The molecule has 0 radical (unpaired) electrons. The van der Waals surface area contributed by atoms with E-state index < -0.39 is 0 Å². The molecule has 43 heavy (non-hydrogen) atoms. The summed E-state index contributed by atoms with van der Waals surface area (Å²) in [4.78, 5) is 3.73. The maximum atomic E-state index is 3.73. The maximum absolute atomic E-state index is 3.73. The van der Waals surface area contributed by atoms with Gasteiger partial charge in [0.2, 0.25) is 0 Å². The first-order valence-corrected chi connectivity index (χ1v) is 20.3. The zero-order valence-electron chi connectivity index (χ0n) is 30.4. The van der Waals surface area contributed by atoms with E-state index in [2.05, 4.69) is 49.6 Å². The van der Waals surface area contributed by atoms with Crippen molar-refractivity contribution in [3.63, 3.8) is 0 Å².